The van der Waals surface area contributed by atoms with Crippen LogP contribution in [0.15, 0.2) is 34.2 Å². The van der Waals surface area contributed by atoms with Crippen LogP contribution in [0.5, 0.6) is 0 Å². The number of aromatic nitrogens is 2. The number of para-hydroxylation sites is 1. The fourth-order valence-electron chi connectivity index (χ4n) is 4.09. The molecule has 1 aromatic carbocycles. The van der Waals surface area contributed by atoms with Gasteiger partial charge in [0, 0.05) is 18.6 Å². The molecule has 1 aromatic heterocycles. The average Bonchev–Trinajstić information content (AvgIpc) is 2.69. The zero-order chi connectivity index (χ0) is 20.3. The molecule has 28 heavy (non-hydrogen) atoms. The molecule has 0 radical (unpaired) electrons. The van der Waals surface area contributed by atoms with Crippen molar-refractivity contribution in [2.45, 2.75) is 82.3 Å². The quantitative estimate of drug-likeness (QED) is 0.523. The molecule has 1 aliphatic rings. The lowest BCUT2D eigenvalue weighted by Crippen LogP contribution is -2.44. The monoisotopic (exact) mass is 401 g/mol. The highest BCUT2D eigenvalue weighted by molar-refractivity contribution is 8.00. The summed E-state index contributed by atoms with van der Waals surface area (Å²) >= 11 is 1.40. The van der Waals surface area contributed by atoms with Crippen molar-refractivity contribution in [2.24, 2.45) is 0 Å². The van der Waals surface area contributed by atoms with Crippen molar-refractivity contribution < 1.29 is 4.79 Å². The highest BCUT2D eigenvalue weighted by Gasteiger charge is 2.29. The molecule has 152 valence electrons. The van der Waals surface area contributed by atoms with E-state index in [-0.39, 0.29) is 22.8 Å². The number of amides is 1. The fourth-order valence-corrected chi connectivity index (χ4v) is 5.20. The Morgan fingerprint density at radius 3 is 2.54 bits per heavy atom. The van der Waals surface area contributed by atoms with Gasteiger partial charge in [-0.15, -0.1) is 0 Å². The minimum atomic E-state index is -0.278. The van der Waals surface area contributed by atoms with Gasteiger partial charge in [-0.05, 0) is 52.7 Å². The van der Waals surface area contributed by atoms with E-state index >= 15 is 0 Å². The molecule has 0 N–H and O–H groups in total. The van der Waals surface area contributed by atoms with Gasteiger partial charge in [0.25, 0.3) is 5.56 Å². The number of fused-ring (bicyclic) bond motifs is 1. The van der Waals surface area contributed by atoms with Crippen molar-refractivity contribution in [3.8, 4) is 0 Å². The summed E-state index contributed by atoms with van der Waals surface area (Å²) in [6, 6.07) is 7.76. The van der Waals surface area contributed by atoms with Crippen LogP contribution in [0.2, 0.25) is 0 Å². The first kappa shape index (κ1) is 20.9. The van der Waals surface area contributed by atoms with Gasteiger partial charge in [-0.25, -0.2) is 4.98 Å². The first-order valence-corrected chi connectivity index (χ1v) is 11.3. The Morgan fingerprint density at radius 2 is 1.89 bits per heavy atom. The average molecular weight is 402 g/mol. The van der Waals surface area contributed by atoms with E-state index in [0.29, 0.717) is 22.1 Å². The third-order valence-electron chi connectivity index (χ3n) is 5.56. The summed E-state index contributed by atoms with van der Waals surface area (Å²) in [6.45, 7) is 8.69. The predicted molar refractivity (Wildman–Crippen MR) is 116 cm³/mol. The topological polar surface area (TPSA) is 55.2 Å². The van der Waals surface area contributed by atoms with Gasteiger partial charge < -0.3 is 4.90 Å². The molecule has 3 rings (SSSR count). The van der Waals surface area contributed by atoms with Crippen molar-refractivity contribution in [1.82, 2.24) is 14.5 Å². The second-order valence-electron chi connectivity index (χ2n) is 7.86. The zero-order valence-corrected chi connectivity index (χ0v) is 18.2. The zero-order valence-electron chi connectivity index (χ0n) is 17.4. The molecule has 0 unspecified atom stereocenters. The van der Waals surface area contributed by atoms with Crippen LogP contribution >= 0.6 is 11.8 Å². The maximum atomic E-state index is 13.2. The SMILES string of the molecule is CCN(C(=O)[C@H](C)Sc1nc2ccccc2c(=O)n1C(C)C)C1CCCCC1. The Bertz CT molecular complexity index is 887. The number of nitrogens with zero attached hydrogens (tertiary/aromatic N) is 3. The Balaban J connectivity index is 1.89. The summed E-state index contributed by atoms with van der Waals surface area (Å²) in [5, 5.41) is 0.969. The fraction of sp³-hybridized carbons (Fsp3) is 0.591. The second kappa shape index (κ2) is 9.12. The summed E-state index contributed by atoms with van der Waals surface area (Å²) < 4.78 is 1.72. The Hall–Kier alpha value is -1.82. The number of benzene rings is 1. The standard InChI is InChI=1S/C22H31N3O2S/c1-5-24(17-11-7-6-8-12-17)20(26)16(4)28-22-23-19-14-10-9-13-18(19)21(27)25(22)15(2)3/h9-10,13-17H,5-8,11-12H2,1-4H3/t16-/m0/s1. The van der Waals surface area contributed by atoms with Crippen LogP contribution in [0.1, 0.15) is 65.8 Å². The van der Waals surface area contributed by atoms with E-state index < -0.39 is 0 Å². The van der Waals surface area contributed by atoms with E-state index in [1.54, 1.807) is 4.57 Å². The Labute approximate surface area is 171 Å². The second-order valence-corrected chi connectivity index (χ2v) is 9.16. The van der Waals surface area contributed by atoms with Crippen molar-refractivity contribution in [2.75, 3.05) is 6.54 Å². The van der Waals surface area contributed by atoms with Crippen LogP contribution in [0.4, 0.5) is 0 Å². The molecule has 1 heterocycles. The molecule has 0 saturated heterocycles. The van der Waals surface area contributed by atoms with Crippen LogP contribution in [-0.4, -0.2) is 38.2 Å². The molecule has 1 aliphatic carbocycles. The molecule has 1 fully saturated rings. The van der Waals surface area contributed by atoms with Gasteiger partial charge in [0.05, 0.1) is 16.2 Å². The number of carbonyl (C=O) groups excluding carboxylic acids is 1. The van der Waals surface area contributed by atoms with Crippen LogP contribution in [0.25, 0.3) is 10.9 Å². The normalized spacial score (nSPS) is 16.5. The molecule has 0 aliphatic heterocycles. The molecule has 0 bridgehead atoms. The first-order chi connectivity index (χ1) is 13.4. The van der Waals surface area contributed by atoms with Gasteiger partial charge in [0.15, 0.2) is 5.16 Å². The van der Waals surface area contributed by atoms with Crippen molar-refractivity contribution >= 4 is 28.6 Å². The van der Waals surface area contributed by atoms with E-state index in [1.807, 2.05) is 49.9 Å². The first-order valence-electron chi connectivity index (χ1n) is 10.4. The lowest BCUT2D eigenvalue weighted by Gasteiger charge is -2.35. The summed E-state index contributed by atoms with van der Waals surface area (Å²) in [5.41, 5.74) is 0.647. The number of carbonyl (C=O) groups is 1. The van der Waals surface area contributed by atoms with Gasteiger partial charge in [0.2, 0.25) is 5.91 Å². The van der Waals surface area contributed by atoms with E-state index in [1.165, 1.54) is 31.0 Å². The van der Waals surface area contributed by atoms with Crippen molar-refractivity contribution in [3.05, 3.63) is 34.6 Å². The summed E-state index contributed by atoms with van der Waals surface area (Å²) in [6.07, 6.45) is 5.88. The minimum absolute atomic E-state index is 0.0185. The van der Waals surface area contributed by atoms with Gasteiger partial charge >= 0.3 is 0 Å². The van der Waals surface area contributed by atoms with Crippen LogP contribution in [0, 0.1) is 0 Å². The van der Waals surface area contributed by atoms with Gasteiger partial charge in [-0.3, -0.25) is 14.2 Å². The Kier molecular flexibility index (Phi) is 6.81. The summed E-state index contributed by atoms with van der Waals surface area (Å²) in [7, 11) is 0. The molecule has 0 spiro atoms. The maximum absolute atomic E-state index is 13.2. The van der Waals surface area contributed by atoms with E-state index in [0.717, 1.165) is 19.4 Å². The van der Waals surface area contributed by atoms with E-state index in [4.69, 9.17) is 4.98 Å². The molecular weight excluding hydrogens is 370 g/mol. The van der Waals surface area contributed by atoms with Gasteiger partial charge in [0.1, 0.15) is 0 Å². The minimum Gasteiger partial charge on any atom is -0.339 e. The Morgan fingerprint density at radius 1 is 1.21 bits per heavy atom. The number of rotatable bonds is 6. The number of hydrogen-bond acceptors (Lipinski definition) is 4. The molecule has 5 nitrogen and oxygen atoms in total. The van der Waals surface area contributed by atoms with E-state index in [2.05, 4.69) is 6.92 Å². The third kappa shape index (κ3) is 4.27. The highest BCUT2D eigenvalue weighted by Crippen LogP contribution is 2.28. The van der Waals surface area contributed by atoms with Gasteiger partial charge in [-0.2, -0.15) is 0 Å². The smallest absolute Gasteiger partial charge is 0.262 e. The molecule has 6 heteroatoms. The van der Waals surface area contributed by atoms with Crippen molar-refractivity contribution in [1.29, 1.82) is 0 Å². The van der Waals surface area contributed by atoms with Gasteiger partial charge in [-0.1, -0.05) is 43.2 Å². The summed E-state index contributed by atoms with van der Waals surface area (Å²) in [4.78, 5) is 33.0. The molecular formula is C22H31N3O2S. The number of thioether (sulfide) groups is 1. The lowest BCUT2D eigenvalue weighted by molar-refractivity contribution is -0.133. The highest BCUT2D eigenvalue weighted by atomic mass is 32.2. The van der Waals surface area contributed by atoms with Crippen LogP contribution < -0.4 is 5.56 Å². The predicted octanol–water partition coefficient (Wildman–Crippen LogP) is 4.64. The van der Waals surface area contributed by atoms with Crippen LogP contribution in [-0.2, 0) is 4.79 Å². The molecule has 2 aromatic rings. The van der Waals surface area contributed by atoms with Crippen molar-refractivity contribution in [3.63, 3.8) is 0 Å². The molecule has 1 amide bonds. The third-order valence-corrected chi connectivity index (χ3v) is 6.62. The van der Waals surface area contributed by atoms with E-state index in [9.17, 15) is 9.59 Å². The maximum Gasteiger partial charge on any atom is 0.262 e. The summed E-state index contributed by atoms with van der Waals surface area (Å²) in [5.74, 6) is 0.150. The number of hydrogen-bond donors (Lipinski definition) is 0. The largest absolute Gasteiger partial charge is 0.339 e. The molecule has 1 saturated carbocycles. The van der Waals surface area contributed by atoms with Crippen LogP contribution in [0.3, 0.4) is 0 Å². The molecule has 1 atom stereocenters. The lowest BCUT2D eigenvalue weighted by atomic mass is 9.94.